The number of carboxylic acid groups (broad SMARTS) is 1. The SMILES string of the molecule is Clc1ccc2nc(Cl)ccc2c1.O=C(N[C@H](CN1CCCC1)[C@H](O)c1ccc2c(c1)OCCO2)C1CCN(c2ccc3cc(Cl)ccc3n2)C1.O=C(N[C@H](CN1CCCC1)[C@H](O)c1ccc2c(c1)OCCO2)[C@@H]1CCN(c2ccc3cc(Cl)ccc3n2)C1.O=C(N[C@H](CN1CCCC1)[C@H](O)c1ccc2c(c1)OCCO2)[C@H]1CCN(c2ccc3cc(Cl)ccc3n2)C1.O=C(O)C1CCN(c2ccc3cc(Cl)ccc3n2)C1. The third kappa shape index (κ3) is 25.7. The zero-order valence-corrected chi connectivity index (χ0v) is 84.8. The van der Waals surface area contributed by atoms with E-state index in [0.717, 1.165) is 201 Å². The van der Waals surface area contributed by atoms with E-state index in [4.69, 9.17) is 118 Å². The summed E-state index contributed by atoms with van der Waals surface area (Å²) in [5, 5.41) is 61.8. The molecule has 7 saturated heterocycles. The van der Waals surface area contributed by atoms with Gasteiger partial charge in [-0.2, -0.15) is 0 Å². The van der Waals surface area contributed by atoms with E-state index in [1.165, 1.54) is 0 Å². The first-order valence-electron chi connectivity index (χ1n) is 50.0. The van der Waals surface area contributed by atoms with Crippen molar-refractivity contribution in [3.8, 4) is 34.5 Å². The number of ether oxygens (including phenoxy) is 6. The van der Waals surface area contributed by atoms with Gasteiger partial charge in [0.2, 0.25) is 17.7 Å². The summed E-state index contributed by atoms with van der Waals surface area (Å²) in [7, 11) is 0. The zero-order valence-electron chi connectivity index (χ0n) is 80.2. The molecule has 758 valence electrons. The third-order valence-corrected chi connectivity index (χ3v) is 29.9. The molecule has 7 fully saturated rings. The molecule has 145 heavy (non-hydrogen) atoms. The number of likely N-dealkylation sites (tertiary alicyclic amines) is 3. The summed E-state index contributed by atoms with van der Waals surface area (Å²) in [4.78, 5) is 89.9. The largest absolute Gasteiger partial charge is 0.486 e. The monoisotopic (exact) mass is 2080 g/mol. The molecule has 23 rings (SSSR count). The fourth-order valence-electron chi connectivity index (χ4n) is 20.6. The van der Waals surface area contributed by atoms with Crippen molar-refractivity contribution in [1.29, 1.82) is 0 Å². The number of hydrogen-bond acceptors (Lipinski definition) is 25. The number of carbonyl (C=O) groups excluding carboxylic acids is 3. The second-order valence-electron chi connectivity index (χ2n) is 38.5. The zero-order chi connectivity index (χ0) is 100. The number of nitrogens with one attached hydrogen (secondary N) is 3. The van der Waals surface area contributed by atoms with Crippen LogP contribution in [0.3, 0.4) is 0 Å². The van der Waals surface area contributed by atoms with Crippen LogP contribution in [0.4, 0.5) is 23.3 Å². The Morgan fingerprint density at radius 1 is 0.297 bits per heavy atom. The van der Waals surface area contributed by atoms with Gasteiger partial charge in [0.15, 0.2) is 34.5 Å². The van der Waals surface area contributed by atoms with E-state index >= 15 is 0 Å². The predicted molar refractivity (Wildman–Crippen MR) is 568 cm³/mol. The summed E-state index contributed by atoms with van der Waals surface area (Å²) in [5.41, 5.74) is 6.54. The number of aromatic nitrogens is 5. The molecule has 2 unspecified atom stereocenters. The fourth-order valence-corrected chi connectivity index (χ4v) is 21.6. The molecule has 13 aromatic rings. The lowest BCUT2D eigenvalue weighted by atomic mass is 9.99. The van der Waals surface area contributed by atoms with Crippen molar-refractivity contribution in [2.75, 3.05) is 171 Å². The maximum Gasteiger partial charge on any atom is 0.308 e. The topological polar surface area (TPSA) is 328 Å². The Morgan fingerprint density at radius 3 is 0.814 bits per heavy atom. The van der Waals surface area contributed by atoms with Crippen LogP contribution in [0.5, 0.6) is 34.5 Å². The van der Waals surface area contributed by atoms with Crippen LogP contribution < -0.4 is 64.0 Å². The minimum absolute atomic E-state index is 0.0270. The number of amides is 3. The molecule has 0 radical (unpaired) electrons. The minimum Gasteiger partial charge on any atom is -0.486 e. The first-order valence-corrected chi connectivity index (χ1v) is 52.3. The Balaban J connectivity index is 0.000000120. The molecule has 7 N–H and O–H groups in total. The summed E-state index contributed by atoms with van der Waals surface area (Å²) < 4.78 is 34.1. The molecule has 15 heterocycles. The molecule has 0 aliphatic carbocycles. The normalized spacial score (nSPS) is 19.9. The number of pyridine rings is 5. The summed E-state index contributed by atoms with van der Waals surface area (Å²) in [6.45, 7) is 16.0. The molecule has 35 heteroatoms. The number of anilines is 4. The Kier molecular flexibility index (Phi) is 33.3. The number of carbonyl (C=O) groups is 4. The lowest BCUT2D eigenvalue weighted by Gasteiger charge is -2.30. The van der Waals surface area contributed by atoms with Gasteiger partial charge >= 0.3 is 5.97 Å². The number of carboxylic acids is 1. The van der Waals surface area contributed by atoms with Gasteiger partial charge in [-0.1, -0.05) is 87.8 Å². The third-order valence-electron chi connectivity index (χ3n) is 28.5. The maximum atomic E-state index is 13.5. The van der Waals surface area contributed by atoms with Crippen LogP contribution in [0.15, 0.2) is 206 Å². The van der Waals surface area contributed by atoms with Crippen LogP contribution in [0.1, 0.15) is 99.2 Å². The van der Waals surface area contributed by atoms with Crippen molar-refractivity contribution in [3.63, 3.8) is 0 Å². The highest BCUT2D eigenvalue weighted by Gasteiger charge is 2.40. The van der Waals surface area contributed by atoms with E-state index in [-0.39, 0.29) is 41.4 Å². The Hall–Kier alpha value is -11.8. The van der Waals surface area contributed by atoms with Crippen molar-refractivity contribution in [2.45, 2.75) is 101 Å². The fraction of sp³-hybridized carbons (Fsp3) is 0.391. The number of nitrogens with zero attached hydrogens (tertiary/aromatic N) is 12. The Bertz CT molecular complexity index is 6290. The van der Waals surface area contributed by atoms with E-state index in [1.54, 1.807) is 12.1 Å². The number of benzene rings is 8. The number of fused-ring (bicyclic) bond motifs is 8. The first-order chi connectivity index (χ1) is 70.5. The highest BCUT2D eigenvalue weighted by atomic mass is 35.5. The highest BCUT2D eigenvalue weighted by Crippen LogP contribution is 2.41. The Labute approximate surface area is 871 Å². The molecular formula is C110H117Cl6N15O14. The number of rotatable bonds is 23. The van der Waals surface area contributed by atoms with E-state index < -0.39 is 42.4 Å². The van der Waals surface area contributed by atoms with Gasteiger partial charge < -0.3 is 99.1 Å². The number of aliphatic hydroxyl groups is 3. The second-order valence-corrected chi connectivity index (χ2v) is 41.0. The lowest BCUT2D eigenvalue weighted by molar-refractivity contribution is -0.141. The standard InChI is InChI=1S/3C29H33ClN4O4.C14H13ClN2O2.C9H5Cl2N/c3*30-22-5-6-23-19(15-22)4-8-27(31-23)34-12-9-21(17-34)29(36)32-24(18-33-10-1-2-11-33)28(35)20-3-7-25-26(16-20)38-14-13-37-25;15-11-2-3-12-9(7-11)1-4-13(16-12)17-6-5-10(8-17)14(18)19;10-7-2-3-8-6(5-7)1-4-9(11)12-8/h3*3-8,15-16,21,24,28,35H,1-2,9-14,17-18H2,(H,32,36);1-4,7,10H,5-6,8H2,(H,18,19);1-5H/t21?,24-,28-;21-,24+,28+;21-,24-,28-;;/m101../s1. The molecule has 10 atom stereocenters. The number of halogens is 6. The number of hydrogen-bond donors (Lipinski definition) is 7. The van der Waals surface area contributed by atoms with Crippen LogP contribution in [0.2, 0.25) is 30.3 Å². The maximum absolute atomic E-state index is 13.5. The van der Waals surface area contributed by atoms with Crippen molar-refractivity contribution in [3.05, 3.63) is 253 Å². The quantitative estimate of drug-likeness (QED) is 0.0293. The molecule has 0 spiro atoms. The van der Waals surface area contributed by atoms with Crippen LogP contribution >= 0.6 is 69.6 Å². The van der Waals surface area contributed by atoms with Gasteiger partial charge in [-0.25, -0.2) is 24.9 Å². The van der Waals surface area contributed by atoms with Gasteiger partial charge in [0.05, 0.1) is 69.4 Å². The summed E-state index contributed by atoms with van der Waals surface area (Å²) in [5.74, 6) is 5.75. The molecule has 0 bridgehead atoms. The predicted octanol–water partition coefficient (Wildman–Crippen LogP) is 17.7. The van der Waals surface area contributed by atoms with Crippen LogP contribution in [-0.2, 0) is 19.2 Å². The van der Waals surface area contributed by atoms with Gasteiger partial charge in [-0.05, 0) is 308 Å². The summed E-state index contributed by atoms with van der Waals surface area (Å²) in [6.07, 6.45) is 7.17. The second kappa shape index (κ2) is 47.4. The molecule has 5 aromatic heterocycles. The van der Waals surface area contributed by atoms with Gasteiger partial charge in [-0.15, -0.1) is 0 Å². The van der Waals surface area contributed by atoms with Crippen molar-refractivity contribution in [1.82, 2.24) is 55.6 Å². The number of aliphatic hydroxyl groups excluding tert-OH is 3. The van der Waals surface area contributed by atoms with Crippen molar-refractivity contribution in [2.24, 2.45) is 23.7 Å². The molecule has 3 amide bonds. The molecule has 29 nitrogen and oxygen atoms in total. The minimum atomic E-state index is -0.859. The lowest BCUT2D eigenvalue weighted by Crippen LogP contribution is -2.48. The molecule has 10 aliphatic rings. The van der Waals surface area contributed by atoms with E-state index in [2.05, 4.69) is 55.3 Å². The average molecular weight is 2090 g/mol. The van der Waals surface area contributed by atoms with Crippen LogP contribution in [0, 0.1) is 23.7 Å². The molecule has 8 aromatic carbocycles. The first kappa shape index (κ1) is 102. The van der Waals surface area contributed by atoms with E-state index in [1.807, 2.05) is 199 Å². The highest BCUT2D eigenvalue weighted by molar-refractivity contribution is 6.33. The van der Waals surface area contributed by atoms with Gasteiger partial charge in [0.25, 0.3) is 0 Å². The van der Waals surface area contributed by atoms with Gasteiger partial charge in [0, 0.05) is 124 Å². The smallest absolute Gasteiger partial charge is 0.308 e. The van der Waals surface area contributed by atoms with E-state index in [0.29, 0.717) is 173 Å². The summed E-state index contributed by atoms with van der Waals surface area (Å²) in [6, 6.07) is 62.9. The number of aliphatic carboxylic acids is 1. The molecule has 10 aliphatic heterocycles. The van der Waals surface area contributed by atoms with Crippen molar-refractivity contribution >= 4 is 171 Å². The van der Waals surface area contributed by atoms with Gasteiger partial charge in [-0.3, -0.25) is 19.2 Å². The van der Waals surface area contributed by atoms with E-state index in [9.17, 15) is 34.5 Å². The average Bonchev–Trinajstić information content (AvgIpc) is 1.74. The summed E-state index contributed by atoms with van der Waals surface area (Å²) >= 11 is 35.8. The molecule has 0 saturated carbocycles. The van der Waals surface area contributed by atoms with Gasteiger partial charge in [0.1, 0.15) is 86.4 Å². The Morgan fingerprint density at radius 2 is 0.545 bits per heavy atom. The van der Waals surface area contributed by atoms with Crippen molar-refractivity contribution < 1.29 is 68.0 Å². The molecular weight excluding hydrogens is 1970 g/mol. The van der Waals surface area contributed by atoms with Crippen LogP contribution in [-0.4, -0.2) is 253 Å². The van der Waals surface area contributed by atoms with Crippen LogP contribution in [0.25, 0.3) is 54.5 Å².